The summed E-state index contributed by atoms with van der Waals surface area (Å²) in [6.07, 6.45) is 2.96. The van der Waals surface area contributed by atoms with Gasteiger partial charge < -0.3 is 9.84 Å². The summed E-state index contributed by atoms with van der Waals surface area (Å²) in [5, 5.41) is 11.3. The molecule has 0 aliphatic carbocycles. The molecule has 0 spiro atoms. The topological polar surface area (TPSA) is 29.5 Å². The van der Waals surface area contributed by atoms with Crippen LogP contribution in [0, 0.1) is 0 Å². The lowest BCUT2D eigenvalue weighted by Gasteiger charge is -2.26. The molecule has 1 aliphatic rings. The van der Waals surface area contributed by atoms with E-state index in [1.807, 2.05) is 18.2 Å². The average molecular weight is 320 g/mol. The van der Waals surface area contributed by atoms with Gasteiger partial charge in [0.1, 0.15) is 0 Å². The van der Waals surface area contributed by atoms with Crippen molar-refractivity contribution in [1.29, 1.82) is 0 Å². The molecule has 2 rings (SSSR count). The SMILES string of the molecule is OC1(Cc2ccc(Br)cc2Cl)CCCOCC1. The molecule has 0 saturated carbocycles. The van der Waals surface area contributed by atoms with Crippen LogP contribution in [0.4, 0.5) is 0 Å². The summed E-state index contributed by atoms with van der Waals surface area (Å²) in [5.74, 6) is 0. The van der Waals surface area contributed by atoms with Crippen LogP contribution in [0.15, 0.2) is 22.7 Å². The lowest BCUT2D eigenvalue weighted by Crippen LogP contribution is -2.31. The Labute approximate surface area is 115 Å². The van der Waals surface area contributed by atoms with Gasteiger partial charge in [0.2, 0.25) is 0 Å². The van der Waals surface area contributed by atoms with Gasteiger partial charge >= 0.3 is 0 Å². The van der Waals surface area contributed by atoms with Gasteiger partial charge in [-0.05, 0) is 37.0 Å². The van der Waals surface area contributed by atoms with Crippen LogP contribution in [0.5, 0.6) is 0 Å². The number of halogens is 2. The number of benzene rings is 1. The summed E-state index contributed by atoms with van der Waals surface area (Å²) in [4.78, 5) is 0. The number of hydrogen-bond donors (Lipinski definition) is 1. The molecule has 1 atom stereocenters. The molecule has 1 aliphatic heterocycles. The van der Waals surface area contributed by atoms with Crippen molar-refractivity contribution in [3.05, 3.63) is 33.3 Å². The maximum atomic E-state index is 10.5. The summed E-state index contributed by atoms with van der Waals surface area (Å²) < 4.78 is 6.34. The second-order valence-electron chi connectivity index (χ2n) is 4.60. The summed E-state index contributed by atoms with van der Waals surface area (Å²) in [6, 6.07) is 5.79. The van der Waals surface area contributed by atoms with Crippen LogP contribution in [0.2, 0.25) is 5.02 Å². The fraction of sp³-hybridized carbons (Fsp3) is 0.538. The predicted molar refractivity (Wildman–Crippen MR) is 72.5 cm³/mol. The third-order valence-electron chi connectivity index (χ3n) is 3.18. The smallest absolute Gasteiger partial charge is 0.0711 e. The van der Waals surface area contributed by atoms with Crippen LogP contribution in [0.25, 0.3) is 0 Å². The quantitative estimate of drug-likeness (QED) is 0.903. The molecule has 1 aromatic rings. The average Bonchev–Trinajstić information content (AvgIpc) is 2.48. The number of rotatable bonds is 2. The predicted octanol–water partition coefficient (Wildman–Crippen LogP) is 3.58. The molecule has 0 bridgehead atoms. The van der Waals surface area contributed by atoms with Crippen molar-refractivity contribution in [1.82, 2.24) is 0 Å². The van der Waals surface area contributed by atoms with E-state index in [9.17, 15) is 5.11 Å². The largest absolute Gasteiger partial charge is 0.389 e. The minimum absolute atomic E-state index is 0.600. The van der Waals surface area contributed by atoms with Crippen molar-refractivity contribution in [2.24, 2.45) is 0 Å². The van der Waals surface area contributed by atoms with Crippen molar-refractivity contribution in [2.45, 2.75) is 31.3 Å². The summed E-state index contributed by atoms with van der Waals surface area (Å²) in [7, 11) is 0. The van der Waals surface area contributed by atoms with Crippen molar-refractivity contribution >= 4 is 27.5 Å². The molecule has 1 saturated heterocycles. The van der Waals surface area contributed by atoms with E-state index in [0.29, 0.717) is 24.5 Å². The molecule has 0 aromatic heterocycles. The highest BCUT2D eigenvalue weighted by Crippen LogP contribution is 2.30. The van der Waals surface area contributed by atoms with E-state index in [4.69, 9.17) is 16.3 Å². The standard InChI is InChI=1S/C13H16BrClO2/c14-11-3-2-10(12(15)8-11)9-13(16)4-1-6-17-7-5-13/h2-3,8,16H,1,4-7,9H2. The van der Waals surface area contributed by atoms with Crippen LogP contribution in [-0.4, -0.2) is 23.9 Å². The highest BCUT2D eigenvalue weighted by Gasteiger charge is 2.29. The van der Waals surface area contributed by atoms with Crippen molar-refractivity contribution < 1.29 is 9.84 Å². The van der Waals surface area contributed by atoms with Gasteiger partial charge in [-0.25, -0.2) is 0 Å². The molecular weight excluding hydrogens is 303 g/mol. The molecule has 1 aromatic carbocycles. The summed E-state index contributed by atoms with van der Waals surface area (Å²) >= 11 is 9.56. The van der Waals surface area contributed by atoms with Crippen LogP contribution in [0.3, 0.4) is 0 Å². The lowest BCUT2D eigenvalue weighted by molar-refractivity contribution is 0.0189. The molecule has 94 valence electrons. The van der Waals surface area contributed by atoms with Crippen LogP contribution >= 0.6 is 27.5 Å². The van der Waals surface area contributed by atoms with E-state index < -0.39 is 5.60 Å². The fourth-order valence-corrected chi connectivity index (χ4v) is 2.93. The fourth-order valence-electron chi connectivity index (χ4n) is 2.19. The number of aliphatic hydroxyl groups is 1. The zero-order valence-electron chi connectivity index (χ0n) is 9.59. The first-order chi connectivity index (χ1) is 8.09. The number of ether oxygens (including phenoxy) is 1. The molecule has 4 heteroatoms. The molecule has 1 unspecified atom stereocenters. The Morgan fingerprint density at radius 2 is 2.18 bits per heavy atom. The van der Waals surface area contributed by atoms with Gasteiger partial charge in [-0.3, -0.25) is 0 Å². The second-order valence-corrected chi connectivity index (χ2v) is 5.93. The third-order valence-corrected chi connectivity index (χ3v) is 4.02. The molecule has 0 radical (unpaired) electrons. The molecule has 1 N–H and O–H groups in total. The van der Waals surface area contributed by atoms with Gasteiger partial charge in [-0.1, -0.05) is 33.6 Å². The number of hydrogen-bond acceptors (Lipinski definition) is 2. The van der Waals surface area contributed by atoms with Crippen molar-refractivity contribution in [3.8, 4) is 0 Å². The Morgan fingerprint density at radius 1 is 1.35 bits per heavy atom. The second kappa shape index (κ2) is 5.70. The monoisotopic (exact) mass is 318 g/mol. The normalized spacial score (nSPS) is 25.6. The zero-order chi connectivity index (χ0) is 12.3. The molecular formula is C13H16BrClO2. The van der Waals surface area contributed by atoms with Gasteiger partial charge in [0, 0.05) is 29.1 Å². The lowest BCUT2D eigenvalue weighted by atomic mass is 9.88. The van der Waals surface area contributed by atoms with E-state index in [0.717, 1.165) is 29.5 Å². The Hall–Kier alpha value is -0.0900. The first-order valence-electron chi connectivity index (χ1n) is 5.83. The van der Waals surface area contributed by atoms with Crippen LogP contribution in [0.1, 0.15) is 24.8 Å². The zero-order valence-corrected chi connectivity index (χ0v) is 11.9. The summed E-state index contributed by atoms with van der Waals surface area (Å²) in [6.45, 7) is 1.38. The van der Waals surface area contributed by atoms with E-state index in [1.54, 1.807) is 0 Å². The van der Waals surface area contributed by atoms with Crippen molar-refractivity contribution in [2.75, 3.05) is 13.2 Å². The molecule has 1 fully saturated rings. The minimum atomic E-state index is -0.673. The molecule has 1 heterocycles. The minimum Gasteiger partial charge on any atom is -0.389 e. The van der Waals surface area contributed by atoms with Gasteiger partial charge in [-0.15, -0.1) is 0 Å². The van der Waals surface area contributed by atoms with E-state index in [2.05, 4.69) is 15.9 Å². The van der Waals surface area contributed by atoms with Crippen molar-refractivity contribution in [3.63, 3.8) is 0 Å². The highest BCUT2D eigenvalue weighted by atomic mass is 79.9. The maximum Gasteiger partial charge on any atom is 0.0711 e. The van der Waals surface area contributed by atoms with Crippen LogP contribution < -0.4 is 0 Å². The molecule has 0 amide bonds. The van der Waals surface area contributed by atoms with E-state index in [-0.39, 0.29) is 0 Å². The highest BCUT2D eigenvalue weighted by molar-refractivity contribution is 9.10. The Morgan fingerprint density at radius 3 is 2.94 bits per heavy atom. The van der Waals surface area contributed by atoms with Crippen LogP contribution in [-0.2, 0) is 11.2 Å². The third kappa shape index (κ3) is 3.68. The van der Waals surface area contributed by atoms with E-state index >= 15 is 0 Å². The maximum absolute atomic E-state index is 10.5. The van der Waals surface area contributed by atoms with E-state index in [1.165, 1.54) is 0 Å². The Bertz CT molecular complexity index is 387. The Kier molecular flexibility index (Phi) is 4.47. The molecule has 2 nitrogen and oxygen atoms in total. The van der Waals surface area contributed by atoms with Gasteiger partial charge in [0.15, 0.2) is 0 Å². The van der Waals surface area contributed by atoms with Gasteiger partial charge in [-0.2, -0.15) is 0 Å². The first kappa shape index (κ1) is 13.3. The first-order valence-corrected chi connectivity index (χ1v) is 7.00. The van der Waals surface area contributed by atoms with Gasteiger partial charge in [0.25, 0.3) is 0 Å². The molecule has 17 heavy (non-hydrogen) atoms. The Balaban J connectivity index is 2.12. The summed E-state index contributed by atoms with van der Waals surface area (Å²) in [5.41, 5.74) is 0.327. The van der Waals surface area contributed by atoms with Gasteiger partial charge in [0.05, 0.1) is 5.60 Å².